The number of nitrogens with zero attached hydrogens (tertiary/aromatic N) is 1. The van der Waals surface area contributed by atoms with Crippen LogP contribution in [0.4, 0.5) is 0 Å². The molecule has 1 aromatic carbocycles. The lowest BCUT2D eigenvalue weighted by atomic mass is 10.2. The third kappa shape index (κ3) is 1.19. The molecule has 2 heteroatoms. The molecule has 0 atom stereocenters. The van der Waals surface area contributed by atoms with Crippen LogP contribution in [-0.4, -0.2) is 4.98 Å². The maximum atomic E-state index is 5.69. The van der Waals surface area contributed by atoms with E-state index < -0.39 is 0 Å². The maximum absolute atomic E-state index is 5.69. The Balaban J connectivity index is 2.83. The van der Waals surface area contributed by atoms with E-state index in [1.807, 2.05) is 24.3 Å². The van der Waals surface area contributed by atoms with Gasteiger partial charge in [-0.3, -0.25) is 0 Å². The van der Waals surface area contributed by atoms with Gasteiger partial charge < -0.3 is 0 Å². The molecule has 1 radical (unpaired) electrons. The van der Waals surface area contributed by atoms with Crippen LogP contribution in [0.15, 0.2) is 30.3 Å². The number of benzene rings is 1. The Kier molecular flexibility index (Phi) is 1.51. The summed E-state index contributed by atoms with van der Waals surface area (Å²) >= 11 is 5.69. The number of halogens is 1. The molecule has 1 heterocycles. The zero-order valence-electron chi connectivity index (χ0n) is 5.71. The molecule has 0 saturated heterocycles. The van der Waals surface area contributed by atoms with Crippen LogP contribution in [0, 0.1) is 6.07 Å². The van der Waals surface area contributed by atoms with E-state index in [-0.39, 0.29) is 0 Å². The molecule has 0 unspecified atom stereocenters. The minimum Gasteiger partial charge on any atom is -0.235 e. The molecule has 2 aromatic rings. The van der Waals surface area contributed by atoms with E-state index in [2.05, 4.69) is 11.1 Å². The Hall–Kier alpha value is -1.08. The van der Waals surface area contributed by atoms with E-state index in [0.717, 1.165) is 10.9 Å². The zero-order chi connectivity index (χ0) is 7.68. The van der Waals surface area contributed by atoms with Crippen molar-refractivity contribution < 1.29 is 0 Å². The van der Waals surface area contributed by atoms with E-state index in [0.29, 0.717) is 5.15 Å². The average molecular weight is 163 g/mol. The predicted octanol–water partition coefficient (Wildman–Crippen LogP) is 2.69. The van der Waals surface area contributed by atoms with Crippen molar-refractivity contribution in [3.05, 3.63) is 41.6 Å². The van der Waals surface area contributed by atoms with Gasteiger partial charge in [0.2, 0.25) is 0 Å². The van der Waals surface area contributed by atoms with Crippen LogP contribution in [-0.2, 0) is 0 Å². The smallest absolute Gasteiger partial charge is 0.129 e. The average Bonchev–Trinajstić information content (AvgIpc) is 2.04. The first-order valence-corrected chi connectivity index (χ1v) is 3.67. The lowest BCUT2D eigenvalue weighted by Gasteiger charge is -1.94. The summed E-state index contributed by atoms with van der Waals surface area (Å²) in [5.74, 6) is 0. The van der Waals surface area contributed by atoms with Crippen molar-refractivity contribution in [3.8, 4) is 0 Å². The maximum Gasteiger partial charge on any atom is 0.129 e. The van der Waals surface area contributed by atoms with Crippen LogP contribution >= 0.6 is 11.6 Å². The fourth-order valence-electron chi connectivity index (χ4n) is 0.975. The summed E-state index contributed by atoms with van der Waals surface area (Å²) < 4.78 is 0. The van der Waals surface area contributed by atoms with Gasteiger partial charge in [-0.05, 0) is 12.1 Å². The predicted molar refractivity (Wildman–Crippen MR) is 45.6 cm³/mol. The highest BCUT2D eigenvalue weighted by Crippen LogP contribution is 2.13. The summed E-state index contributed by atoms with van der Waals surface area (Å²) in [6.07, 6.45) is 0. The molecule has 0 saturated carbocycles. The number of pyridine rings is 1. The molecule has 0 aliphatic rings. The van der Waals surface area contributed by atoms with E-state index in [9.17, 15) is 0 Å². The summed E-state index contributed by atoms with van der Waals surface area (Å²) in [7, 11) is 0. The second kappa shape index (κ2) is 2.51. The summed E-state index contributed by atoms with van der Waals surface area (Å²) in [5, 5.41) is 1.58. The van der Waals surface area contributed by atoms with Gasteiger partial charge in [-0.15, -0.1) is 0 Å². The molecule has 53 valence electrons. The van der Waals surface area contributed by atoms with Crippen LogP contribution in [0.2, 0.25) is 5.15 Å². The minimum atomic E-state index is 0.514. The van der Waals surface area contributed by atoms with E-state index in [1.165, 1.54) is 0 Å². The summed E-state index contributed by atoms with van der Waals surface area (Å²) in [5.41, 5.74) is 0.819. The van der Waals surface area contributed by atoms with Gasteiger partial charge in [0, 0.05) is 11.5 Å². The standard InChI is InChI=1S/C9H5ClN/c10-9-6-5-7-3-1-2-4-8(7)11-9/h1-3,5-6H. The molecule has 1 nitrogen and oxygen atoms in total. The molecule has 0 aliphatic heterocycles. The third-order valence-corrected chi connectivity index (χ3v) is 1.70. The number of hydrogen-bond acceptors (Lipinski definition) is 1. The van der Waals surface area contributed by atoms with Crippen LogP contribution in [0.1, 0.15) is 0 Å². The van der Waals surface area contributed by atoms with Gasteiger partial charge in [-0.1, -0.05) is 29.8 Å². The highest BCUT2D eigenvalue weighted by atomic mass is 35.5. The molecule has 0 aliphatic carbocycles. The van der Waals surface area contributed by atoms with Crippen LogP contribution in [0.5, 0.6) is 0 Å². The fraction of sp³-hybridized carbons (Fsp3) is 0. The number of hydrogen-bond donors (Lipinski definition) is 0. The summed E-state index contributed by atoms with van der Waals surface area (Å²) in [6.45, 7) is 0. The Morgan fingerprint density at radius 3 is 3.09 bits per heavy atom. The van der Waals surface area contributed by atoms with Crippen LogP contribution < -0.4 is 0 Å². The minimum absolute atomic E-state index is 0.514. The first-order chi connectivity index (χ1) is 5.36. The van der Waals surface area contributed by atoms with Gasteiger partial charge in [0.05, 0.1) is 5.52 Å². The molecule has 1 aromatic heterocycles. The van der Waals surface area contributed by atoms with Crippen molar-refractivity contribution in [2.45, 2.75) is 0 Å². The van der Waals surface area contributed by atoms with Crippen molar-refractivity contribution in [2.75, 3.05) is 0 Å². The van der Waals surface area contributed by atoms with Gasteiger partial charge in [-0.25, -0.2) is 4.98 Å². The number of fused-ring (bicyclic) bond motifs is 1. The fourth-order valence-corrected chi connectivity index (χ4v) is 1.12. The Morgan fingerprint density at radius 1 is 1.27 bits per heavy atom. The van der Waals surface area contributed by atoms with Gasteiger partial charge in [0.1, 0.15) is 5.15 Å². The molecular formula is C9H5ClN. The molecule has 0 bridgehead atoms. The van der Waals surface area contributed by atoms with Crippen molar-refractivity contribution >= 4 is 22.5 Å². The Labute approximate surface area is 69.6 Å². The SMILES string of the molecule is Clc1ccc2ccc[c]c2n1. The Morgan fingerprint density at radius 2 is 2.18 bits per heavy atom. The molecule has 0 amide bonds. The van der Waals surface area contributed by atoms with Crippen molar-refractivity contribution in [3.63, 3.8) is 0 Å². The topological polar surface area (TPSA) is 12.9 Å². The first kappa shape index (κ1) is 6.62. The highest BCUT2D eigenvalue weighted by Gasteiger charge is 1.92. The zero-order valence-corrected chi connectivity index (χ0v) is 6.47. The second-order valence-electron chi connectivity index (χ2n) is 2.24. The molecule has 11 heavy (non-hydrogen) atoms. The monoisotopic (exact) mass is 162 g/mol. The largest absolute Gasteiger partial charge is 0.235 e. The number of aromatic nitrogens is 1. The normalized spacial score (nSPS) is 10.3. The van der Waals surface area contributed by atoms with Crippen LogP contribution in [0.3, 0.4) is 0 Å². The molecule has 0 N–H and O–H groups in total. The van der Waals surface area contributed by atoms with Crippen LogP contribution in [0.25, 0.3) is 10.9 Å². The number of para-hydroxylation sites is 1. The van der Waals surface area contributed by atoms with Gasteiger partial charge in [-0.2, -0.15) is 0 Å². The lowest BCUT2D eigenvalue weighted by Crippen LogP contribution is -1.77. The highest BCUT2D eigenvalue weighted by molar-refractivity contribution is 6.29. The van der Waals surface area contributed by atoms with E-state index in [4.69, 9.17) is 11.6 Å². The summed E-state index contributed by atoms with van der Waals surface area (Å²) in [4.78, 5) is 4.09. The quantitative estimate of drug-likeness (QED) is 0.543. The van der Waals surface area contributed by atoms with E-state index in [1.54, 1.807) is 6.07 Å². The first-order valence-electron chi connectivity index (χ1n) is 3.29. The van der Waals surface area contributed by atoms with E-state index >= 15 is 0 Å². The molecule has 0 spiro atoms. The molecular weight excluding hydrogens is 158 g/mol. The third-order valence-electron chi connectivity index (χ3n) is 1.48. The van der Waals surface area contributed by atoms with Crippen molar-refractivity contribution in [1.29, 1.82) is 0 Å². The van der Waals surface area contributed by atoms with Gasteiger partial charge in [0.25, 0.3) is 0 Å². The second-order valence-corrected chi connectivity index (χ2v) is 2.63. The molecule has 2 rings (SSSR count). The van der Waals surface area contributed by atoms with Gasteiger partial charge >= 0.3 is 0 Å². The Bertz CT molecular complexity index is 384. The molecule has 0 fully saturated rings. The van der Waals surface area contributed by atoms with Crippen molar-refractivity contribution in [2.24, 2.45) is 0 Å². The van der Waals surface area contributed by atoms with Crippen molar-refractivity contribution in [1.82, 2.24) is 4.98 Å². The number of rotatable bonds is 0. The lowest BCUT2D eigenvalue weighted by molar-refractivity contribution is 1.41. The summed E-state index contributed by atoms with van der Waals surface area (Å²) in [6, 6.07) is 12.4. The van der Waals surface area contributed by atoms with Gasteiger partial charge in [0.15, 0.2) is 0 Å².